The van der Waals surface area contributed by atoms with E-state index in [1.165, 1.54) is 19.0 Å². The summed E-state index contributed by atoms with van der Waals surface area (Å²) in [5.74, 6) is 0.513. The number of rotatable bonds is 6. The Morgan fingerprint density at radius 3 is 3.00 bits per heavy atom. The summed E-state index contributed by atoms with van der Waals surface area (Å²) in [6, 6.07) is 8.08. The highest BCUT2D eigenvalue weighted by atomic mass is 19.1. The molecule has 3 aliphatic heterocycles. The number of aromatic nitrogens is 2. The first-order valence-corrected chi connectivity index (χ1v) is 12.0. The highest BCUT2D eigenvalue weighted by Crippen LogP contribution is 2.38. The molecule has 3 atom stereocenters. The van der Waals surface area contributed by atoms with Crippen molar-refractivity contribution in [2.45, 2.75) is 69.7 Å². The number of benzene rings is 1. The Hall–Kier alpha value is -2.96. The zero-order valence-electron chi connectivity index (χ0n) is 19.7. The second-order valence-electron chi connectivity index (χ2n) is 10.0. The summed E-state index contributed by atoms with van der Waals surface area (Å²) in [4.78, 5) is 11.1. The van der Waals surface area contributed by atoms with Gasteiger partial charge >= 0.3 is 0 Å². The van der Waals surface area contributed by atoms with E-state index in [0.29, 0.717) is 36.3 Å². The van der Waals surface area contributed by atoms with E-state index in [9.17, 15) is 9.65 Å². The number of piperidine rings is 1. The van der Waals surface area contributed by atoms with Crippen molar-refractivity contribution in [1.82, 2.24) is 14.9 Å². The van der Waals surface area contributed by atoms with E-state index in [4.69, 9.17) is 9.47 Å². The van der Waals surface area contributed by atoms with Crippen molar-refractivity contribution >= 4 is 17.5 Å². The molecule has 4 heterocycles. The molecule has 0 saturated carbocycles. The third-order valence-electron chi connectivity index (χ3n) is 7.08. The number of hydrogen-bond donors (Lipinski definition) is 2. The van der Waals surface area contributed by atoms with Gasteiger partial charge in [-0.1, -0.05) is 0 Å². The number of ether oxygens (including phenoxy) is 2. The summed E-state index contributed by atoms with van der Waals surface area (Å²) in [5, 5.41) is 16.0. The smallest absolute Gasteiger partial charge is 0.229 e. The predicted octanol–water partition coefficient (Wildman–Crippen LogP) is 4.22. The third-order valence-corrected chi connectivity index (χ3v) is 7.08. The summed E-state index contributed by atoms with van der Waals surface area (Å²) >= 11 is 0. The van der Waals surface area contributed by atoms with Crippen LogP contribution in [-0.2, 0) is 4.74 Å². The number of anilines is 3. The van der Waals surface area contributed by atoms with Gasteiger partial charge in [-0.25, -0.2) is 9.37 Å². The summed E-state index contributed by atoms with van der Waals surface area (Å²) in [6.45, 7) is 6.87. The van der Waals surface area contributed by atoms with Crippen molar-refractivity contribution in [3.63, 3.8) is 0 Å². The largest absolute Gasteiger partial charge is 0.487 e. The van der Waals surface area contributed by atoms with Crippen LogP contribution in [0.4, 0.5) is 21.8 Å². The molecule has 0 radical (unpaired) electrons. The molecule has 9 heteroatoms. The minimum Gasteiger partial charge on any atom is -0.487 e. The van der Waals surface area contributed by atoms with Gasteiger partial charge in [0, 0.05) is 29.7 Å². The number of fused-ring (bicyclic) bond motifs is 1. The Balaban J connectivity index is 1.29. The lowest BCUT2D eigenvalue weighted by atomic mass is 9.84. The second-order valence-corrected chi connectivity index (χ2v) is 10.0. The van der Waals surface area contributed by atoms with Crippen LogP contribution in [0.15, 0.2) is 24.4 Å². The van der Waals surface area contributed by atoms with E-state index in [0.717, 1.165) is 25.8 Å². The highest BCUT2D eigenvalue weighted by Gasteiger charge is 2.43. The maximum Gasteiger partial charge on any atom is 0.229 e. The summed E-state index contributed by atoms with van der Waals surface area (Å²) in [5.41, 5.74) is 1.11. The van der Waals surface area contributed by atoms with Crippen molar-refractivity contribution < 1.29 is 13.9 Å². The Bertz CT molecular complexity index is 1080. The van der Waals surface area contributed by atoms with Crippen LogP contribution >= 0.6 is 0 Å². The molecule has 0 unspecified atom stereocenters. The molecule has 5 rings (SSSR count). The maximum absolute atomic E-state index is 14.6. The lowest BCUT2D eigenvalue weighted by Gasteiger charge is -2.47. The molecule has 3 fully saturated rings. The van der Waals surface area contributed by atoms with Crippen LogP contribution < -0.4 is 15.4 Å². The number of halogens is 1. The van der Waals surface area contributed by atoms with Gasteiger partial charge in [-0.3, -0.25) is 4.90 Å². The minimum absolute atomic E-state index is 0.0407. The van der Waals surface area contributed by atoms with E-state index in [1.807, 2.05) is 0 Å². The number of nitrogens with zero attached hydrogens (tertiary/aromatic N) is 4. The van der Waals surface area contributed by atoms with Gasteiger partial charge in [0.1, 0.15) is 17.9 Å². The standard InChI is InChI=1S/C25H31FN6O2/c1-25(2)12-18(11-19-4-3-8-32(19)25)29-23-21(26)14-28-24(31-23)30-17-5-6-22(16(10-17)13-27)34-20-7-9-33-15-20/h5-6,10,14,18-20H,3-4,7-9,11-12,15H2,1-2H3,(H2,28,29,30,31)/t18-,19+,20-/m0/s1. The molecule has 8 nitrogen and oxygen atoms in total. The van der Waals surface area contributed by atoms with Crippen molar-refractivity contribution in [3.8, 4) is 11.8 Å². The zero-order valence-corrected chi connectivity index (χ0v) is 19.7. The van der Waals surface area contributed by atoms with Gasteiger partial charge in [-0.15, -0.1) is 0 Å². The van der Waals surface area contributed by atoms with Crippen LogP contribution in [-0.4, -0.2) is 58.4 Å². The van der Waals surface area contributed by atoms with Crippen LogP contribution in [0.3, 0.4) is 0 Å². The van der Waals surface area contributed by atoms with E-state index >= 15 is 0 Å². The molecule has 1 aromatic carbocycles. The Labute approximate surface area is 199 Å². The van der Waals surface area contributed by atoms with Gasteiger partial charge in [-0.2, -0.15) is 10.2 Å². The second kappa shape index (κ2) is 9.35. The SMILES string of the molecule is CC1(C)C[C@@H](Nc2nc(Nc3ccc(O[C@H]4CCOC4)c(C#N)c3)ncc2F)C[C@H]2CCCN21. The van der Waals surface area contributed by atoms with Gasteiger partial charge < -0.3 is 20.1 Å². The number of hydrogen-bond acceptors (Lipinski definition) is 8. The monoisotopic (exact) mass is 466 g/mol. The van der Waals surface area contributed by atoms with E-state index < -0.39 is 5.82 Å². The first kappa shape index (κ1) is 22.8. The van der Waals surface area contributed by atoms with Crippen molar-refractivity contribution in [3.05, 3.63) is 35.8 Å². The highest BCUT2D eigenvalue weighted by molar-refractivity contribution is 5.61. The van der Waals surface area contributed by atoms with E-state index in [1.54, 1.807) is 18.2 Å². The minimum atomic E-state index is -0.475. The normalized spacial score (nSPS) is 26.0. The average Bonchev–Trinajstić information content (AvgIpc) is 3.49. The van der Waals surface area contributed by atoms with Crippen molar-refractivity contribution in [1.29, 1.82) is 5.26 Å². The molecule has 3 aliphatic rings. The third kappa shape index (κ3) is 4.79. The lowest BCUT2D eigenvalue weighted by Crippen LogP contribution is -2.55. The van der Waals surface area contributed by atoms with Crippen LogP contribution in [0.5, 0.6) is 5.75 Å². The molecule has 180 valence electrons. The lowest BCUT2D eigenvalue weighted by molar-refractivity contribution is 0.0500. The quantitative estimate of drug-likeness (QED) is 0.654. The Morgan fingerprint density at radius 1 is 1.32 bits per heavy atom. The molecule has 0 spiro atoms. The zero-order chi connectivity index (χ0) is 23.7. The molecule has 0 bridgehead atoms. The fraction of sp³-hybridized carbons (Fsp3) is 0.560. The molecule has 2 N–H and O–H groups in total. The molecule has 2 aromatic rings. The maximum atomic E-state index is 14.6. The van der Waals surface area contributed by atoms with E-state index in [-0.39, 0.29) is 29.5 Å². The summed E-state index contributed by atoms with van der Waals surface area (Å²) in [7, 11) is 0. The topological polar surface area (TPSA) is 95.3 Å². The number of nitriles is 1. The Kier molecular flexibility index (Phi) is 6.28. The fourth-order valence-electron chi connectivity index (χ4n) is 5.55. The van der Waals surface area contributed by atoms with Crippen LogP contribution in [0, 0.1) is 17.1 Å². The first-order valence-electron chi connectivity index (χ1n) is 12.0. The molecule has 1 aromatic heterocycles. The van der Waals surface area contributed by atoms with Gasteiger partial charge in [0.15, 0.2) is 11.6 Å². The molecule has 0 aliphatic carbocycles. The van der Waals surface area contributed by atoms with Gasteiger partial charge in [-0.05, 0) is 64.3 Å². The van der Waals surface area contributed by atoms with Crippen LogP contribution in [0.25, 0.3) is 0 Å². The molecule has 0 amide bonds. The van der Waals surface area contributed by atoms with Crippen LogP contribution in [0.2, 0.25) is 0 Å². The molecular weight excluding hydrogens is 435 g/mol. The fourth-order valence-corrected chi connectivity index (χ4v) is 5.55. The first-order chi connectivity index (χ1) is 16.4. The van der Waals surface area contributed by atoms with Gasteiger partial charge in [0.25, 0.3) is 0 Å². The number of nitrogens with one attached hydrogen (secondary N) is 2. The molecule has 3 saturated heterocycles. The van der Waals surface area contributed by atoms with Gasteiger partial charge in [0.05, 0.1) is 25.0 Å². The molecule has 34 heavy (non-hydrogen) atoms. The van der Waals surface area contributed by atoms with Gasteiger partial charge in [0.2, 0.25) is 5.95 Å². The average molecular weight is 467 g/mol. The van der Waals surface area contributed by atoms with Crippen molar-refractivity contribution in [2.24, 2.45) is 0 Å². The van der Waals surface area contributed by atoms with Crippen LogP contribution in [0.1, 0.15) is 51.5 Å². The summed E-state index contributed by atoms with van der Waals surface area (Å²) in [6.07, 6.45) is 6.26. The predicted molar refractivity (Wildman–Crippen MR) is 127 cm³/mol. The van der Waals surface area contributed by atoms with Crippen molar-refractivity contribution in [2.75, 3.05) is 30.4 Å². The molecular formula is C25H31FN6O2. The van der Waals surface area contributed by atoms with E-state index in [2.05, 4.69) is 45.4 Å². The summed E-state index contributed by atoms with van der Waals surface area (Å²) < 4.78 is 25.8. The Morgan fingerprint density at radius 2 is 2.21 bits per heavy atom.